The quantitative estimate of drug-likeness (QED) is 0.851. The van der Waals surface area contributed by atoms with Crippen molar-refractivity contribution >= 4 is 35.8 Å². The Morgan fingerprint density at radius 2 is 1.74 bits per heavy atom. The fourth-order valence-corrected chi connectivity index (χ4v) is 1.94. The highest BCUT2D eigenvalue weighted by atomic mass is 35.5. The van der Waals surface area contributed by atoms with Crippen LogP contribution in [0.15, 0.2) is 42.5 Å². The molecule has 6 heteroatoms. The lowest BCUT2D eigenvalue weighted by Crippen LogP contribution is -2.31. The molecule has 0 aliphatic heterocycles. The summed E-state index contributed by atoms with van der Waals surface area (Å²) >= 11 is 11.7. The zero-order chi connectivity index (χ0) is 13.8. The molecule has 0 aliphatic rings. The Bertz CT molecular complexity index is 576. The van der Waals surface area contributed by atoms with Crippen molar-refractivity contribution in [3.63, 3.8) is 0 Å². The summed E-state index contributed by atoms with van der Waals surface area (Å²) in [6.07, 6.45) is 0. The predicted molar refractivity (Wildman–Crippen MR) is 77.1 cm³/mol. The number of ether oxygens (including phenoxy) is 1. The normalized spacial score (nSPS) is 10.3. The van der Waals surface area contributed by atoms with Crippen molar-refractivity contribution in [1.82, 2.24) is 0 Å². The molecule has 2 aromatic rings. The van der Waals surface area contributed by atoms with Gasteiger partial charge >= 0.3 is 7.12 Å². The summed E-state index contributed by atoms with van der Waals surface area (Å²) in [6, 6.07) is 11.9. The maximum Gasteiger partial charge on any atom is 0.492 e. The summed E-state index contributed by atoms with van der Waals surface area (Å²) in [6.45, 7) is 0.265. The van der Waals surface area contributed by atoms with Crippen molar-refractivity contribution in [3.05, 3.63) is 58.1 Å². The third-order valence-electron chi connectivity index (χ3n) is 2.58. The summed E-state index contributed by atoms with van der Waals surface area (Å²) in [5.74, 6) is 0.420. The van der Waals surface area contributed by atoms with Gasteiger partial charge in [0.05, 0.1) is 10.0 Å². The van der Waals surface area contributed by atoms with Crippen LogP contribution >= 0.6 is 23.2 Å². The van der Waals surface area contributed by atoms with E-state index >= 15 is 0 Å². The van der Waals surface area contributed by atoms with Gasteiger partial charge in [0.1, 0.15) is 12.4 Å². The molecule has 0 bridgehead atoms. The number of para-hydroxylation sites is 1. The molecule has 98 valence electrons. The number of rotatable bonds is 4. The topological polar surface area (TPSA) is 49.7 Å². The minimum absolute atomic E-state index is 0.265. The van der Waals surface area contributed by atoms with E-state index in [0.29, 0.717) is 21.3 Å². The molecule has 2 rings (SSSR count). The van der Waals surface area contributed by atoms with E-state index in [1.54, 1.807) is 42.5 Å². The van der Waals surface area contributed by atoms with Gasteiger partial charge in [0, 0.05) is 5.46 Å². The maximum absolute atomic E-state index is 9.22. The monoisotopic (exact) mass is 296 g/mol. The Balaban J connectivity index is 2.12. The van der Waals surface area contributed by atoms with Crippen LogP contribution in [0.4, 0.5) is 0 Å². The Hall–Kier alpha value is -1.20. The van der Waals surface area contributed by atoms with Crippen LogP contribution in [0.3, 0.4) is 0 Å². The van der Waals surface area contributed by atoms with Crippen LogP contribution in [0, 0.1) is 0 Å². The van der Waals surface area contributed by atoms with Crippen molar-refractivity contribution in [2.24, 2.45) is 0 Å². The second kappa shape index (κ2) is 6.30. The van der Waals surface area contributed by atoms with Crippen LogP contribution in [0.2, 0.25) is 10.0 Å². The molecule has 0 aliphatic carbocycles. The van der Waals surface area contributed by atoms with Gasteiger partial charge in [-0.1, -0.05) is 47.5 Å². The van der Waals surface area contributed by atoms with E-state index in [1.165, 1.54) is 0 Å². The molecule has 0 fully saturated rings. The minimum atomic E-state index is -1.56. The number of hydrogen-bond acceptors (Lipinski definition) is 3. The van der Waals surface area contributed by atoms with Gasteiger partial charge in [0.2, 0.25) is 0 Å². The largest absolute Gasteiger partial charge is 0.492 e. The molecule has 0 saturated heterocycles. The molecule has 2 aromatic carbocycles. The smallest absolute Gasteiger partial charge is 0.489 e. The highest BCUT2D eigenvalue weighted by Crippen LogP contribution is 2.23. The molecule has 0 aromatic heterocycles. The minimum Gasteiger partial charge on any atom is -0.489 e. The Kier molecular flexibility index (Phi) is 4.72. The van der Waals surface area contributed by atoms with Crippen LogP contribution in [0.5, 0.6) is 5.75 Å². The van der Waals surface area contributed by atoms with Gasteiger partial charge in [0.15, 0.2) is 0 Å². The summed E-state index contributed by atoms with van der Waals surface area (Å²) in [7, 11) is -1.56. The van der Waals surface area contributed by atoms with Crippen molar-refractivity contribution in [3.8, 4) is 5.75 Å². The summed E-state index contributed by atoms with van der Waals surface area (Å²) in [5.41, 5.74) is 1.17. The molecule has 0 unspecified atom stereocenters. The standard InChI is InChI=1S/C13H11BCl2O3/c15-11-6-5-9(7-12(11)16)8-19-13-4-2-1-3-10(13)14(17)18/h1-7,17-18H,8H2. The highest BCUT2D eigenvalue weighted by molar-refractivity contribution is 6.59. The SMILES string of the molecule is OB(O)c1ccccc1OCc1ccc(Cl)c(Cl)c1. The first kappa shape index (κ1) is 14.2. The summed E-state index contributed by atoms with van der Waals surface area (Å²) in [5, 5.41) is 19.4. The third kappa shape index (κ3) is 3.64. The van der Waals surface area contributed by atoms with Gasteiger partial charge in [0.25, 0.3) is 0 Å². The second-order valence-corrected chi connectivity index (χ2v) is 4.76. The average molecular weight is 297 g/mol. The zero-order valence-corrected chi connectivity index (χ0v) is 11.4. The van der Waals surface area contributed by atoms with Gasteiger partial charge < -0.3 is 14.8 Å². The molecule has 0 heterocycles. The first-order valence-electron chi connectivity index (χ1n) is 5.59. The highest BCUT2D eigenvalue weighted by Gasteiger charge is 2.16. The van der Waals surface area contributed by atoms with Gasteiger partial charge in [-0.3, -0.25) is 0 Å². The number of halogens is 2. The molecular weight excluding hydrogens is 286 g/mol. The molecule has 19 heavy (non-hydrogen) atoms. The van der Waals surface area contributed by atoms with Gasteiger partial charge in [-0.25, -0.2) is 0 Å². The summed E-state index contributed by atoms with van der Waals surface area (Å²) < 4.78 is 5.56. The lowest BCUT2D eigenvalue weighted by atomic mass is 9.79. The van der Waals surface area contributed by atoms with Crippen molar-refractivity contribution < 1.29 is 14.8 Å². The Morgan fingerprint density at radius 1 is 1.00 bits per heavy atom. The predicted octanol–water partition coefficient (Wildman–Crippen LogP) is 2.25. The molecule has 0 spiro atoms. The van der Waals surface area contributed by atoms with E-state index in [2.05, 4.69) is 0 Å². The number of benzene rings is 2. The molecule has 3 nitrogen and oxygen atoms in total. The lowest BCUT2D eigenvalue weighted by molar-refractivity contribution is 0.306. The summed E-state index contributed by atoms with van der Waals surface area (Å²) in [4.78, 5) is 0. The van der Waals surface area contributed by atoms with Gasteiger partial charge in [-0.05, 0) is 23.8 Å². The molecular formula is C13H11BCl2O3. The lowest BCUT2D eigenvalue weighted by Gasteiger charge is -2.11. The van der Waals surface area contributed by atoms with Gasteiger partial charge in [-0.2, -0.15) is 0 Å². The van der Waals surface area contributed by atoms with Crippen molar-refractivity contribution in [2.45, 2.75) is 6.61 Å². The third-order valence-corrected chi connectivity index (χ3v) is 3.31. The van der Waals surface area contributed by atoms with Crippen molar-refractivity contribution in [2.75, 3.05) is 0 Å². The van der Waals surface area contributed by atoms with E-state index in [1.807, 2.05) is 0 Å². The van der Waals surface area contributed by atoms with Crippen molar-refractivity contribution in [1.29, 1.82) is 0 Å². The van der Waals surface area contributed by atoms with Crippen LogP contribution in [-0.2, 0) is 6.61 Å². The van der Waals surface area contributed by atoms with E-state index in [4.69, 9.17) is 27.9 Å². The molecule has 2 N–H and O–H groups in total. The zero-order valence-electron chi connectivity index (χ0n) is 9.88. The second-order valence-electron chi connectivity index (χ2n) is 3.95. The first-order valence-corrected chi connectivity index (χ1v) is 6.35. The van der Waals surface area contributed by atoms with E-state index in [9.17, 15) is 10.0 Å². The Morgan fingerprint density at radius 3 is 2.42 bits per heavy atom. The van der Waals surface area contributed by atoms with Crippen LogP contribution in [0.1, 0.15) is 5.56 Å². The average Bonchev–Trinajstić information content (AvgIpc) is 2.40. The van der Waals surface area contributed by atoms with Crippen LogP contribution < -0.4 is 10.2 Å². The van der Waals surface area contributed by atoms with E-state index in [-0.39, 0.29) is 6.61 Å². The van der Waals surface area contributed by atoms with Crippen LogP contribution in [-0.4, -0.2) is 17.2 Å². The molecule has 0 radical (unpaired) electrons. The van der Waals surface area contributed by atoms with E-state index in [0.717, 1.165) is 5.56 Å². The maximum atomic E-state index is 9.22. The van der Waals surface area contributed by atoms with Crippen LogP contribution in [0.25, 0.3) is 0 Å². The van der Waals surface area contributed by atoms with E-state index < -0.39 is 7.12 Å². The molecule has 0 saturated carbocycles. The number of hydrogen-bond donors (Lipinski definition) is 2. The fourth-order valence-electron chi connectivity index (χ4n) is 1.62. The van der Waals surface area contributed by atoms with Gasteiger partial charge in [-0.15, -0.1) is 0 Å². The fraction of sp³-hybridized carbons (Fsp3) is 0.0769. The molecule has 0 amide bonds. The first-order chi connectivity index (χ1) is 9.08. The Labute approximate surface area is 121 Å². The molecule has 0 atom stereocenters.